The largest absolute Gasteiger partial charge is 0.493 e. The van der Waals surface area contributed by atoms with Crippen LogP contribution in [0.4, 0.5) is 4.39 Å². The van der Waals surface area contributed by atoms with Gasteiger partial charge in [0, 0.05) is 57.3 Å². The zero-order chi connectivity index (χ0) is 27.8. The number of aliphatic hydroxyl groups excluding tert-OH is 1. The summed E-state index contributed by atoms with van der Waals surface area (Å²) in [7, 11) is 0. The number of nitrogens with zero attached hydrogens (tertiary/aromatic N) is 4. The number of ether oxygens (including phenoxy) is 1. The molecule has 39 heavy (non-hydrogen) atoms. The molecule has 11 heteroatoms. The summed E-state index contributed by atoms with van der Waals surface area (Å²) in [6.07, 6.45) is 2.15. The minimum absolute atomic E-state index is 0.286. The summed E-state index contributed by atoms with van der Waals surface area (Å²) in [6, 6.07) is 10.3. The molecule has 3 N–H and O–H groups in total. The second kappa shape index (κ2) is 13.3. The number of aryl methyl sites for hydroxylation is 2. The van der Waals surface area contributed by atoms with Crippen molar-refractivity contribution in [1.29, 1.82) is 0 Å². The summed E-state index contributed by atoms with van der Waals surface area (Å²) >= 11 is 0. The highest BCUT2D eigenvalue weighted by Crippen LogP contribution is 2.20. The van der Waals surface area contributed by atoms with E-state index in [1.807, 2.05) is 13.1 Å². The zero-order valence-electron chi connectivity index (χ0n) is 22.3. The third-order valence-electron chi connectivity index (χ3n) is 6.61. The number of rotatable bonds is 3. The van der Waals surface area contributed by atoms with E-state index < -0.39 is 24.0 Å². The molecule has 10 nitrogen and oxygen atoms in total. The van der Waals surface area contributed by atoms with Gasteiger partial charge in [-0.05, 0) is 49.2 Å². The van der Waals surface area contributed by atoms with E-state index in [-0.39, 0.29) is 12.4 Å². The Hall–Kier alpha value is -3.83. The topological polar surface area (TPSA) is 122 Å². The Morgan fingerprint density at radius 2 is 1.95 bits per heavy atom. The van der Waals surface area contributed by atoms with Crippen LogP contribution in [0.2, 0.25) is 0 Å². The van der Waals surface area contributed by atoms with Crippen LogP contribution >= 0.6 is 0 Å². The van der Waals surface area contributed by atoms with Crippen molar-refractivity contribution in [2.24, 2.45) is 0 Å². The molecule has 2 atom stereocenters. The lowest BCUT2D eigenvalue weighted by molar-refractivity contribution is -0.125. The summed E-state index contributed by atoms with van der Waals surface area (Å²) in [6.45, 7) is 6.38. The number of halogens is 1. The lowest BCUT2D eigenvalue weighted by Gasteiger charge is -2.24. The molecule has 2 amide bonds. The average molecular weight is 539 g/mol. The highest BCUT2D eigenvalue weighted by molar-refractivity contribution is 5.98. The van der Waals surface area contributed by atoms with E-state index in [1.165, 1.54) is 19.1 Å². The van der Waals surface area contributed by atoms with Crippen LogP contribution in [-0.2, 0) is 24.3 Å². The van der Waals surface area contributed by atoms with Crippen molar-refractivity contribution in [2.45, 2.75) is 51.9 Å². The normalized spacial score (nSPS) is 18.9. The summed E-state index contributed by atoms with van der Waals surface area (Å²) in [4.78, 5) is 28.0. The van der Waals surface area contributed by atoms with Crippen molar-refractivity contribution in [3.8, 4) is 5.75 Å². The fourth-order valence-electron chi connectivity index (χ4n) is 4.34. The molecule has 0 radical (unpaired) electrons. The molecule has 208 valence electrons. The SMILES string of the molecule is Cc1ccc2cc1OCCCn1cc(nn1)CCN(Cc1ccc(F)cc1)CCNC(=O)[C@H]([C@@H](C)O)NC2=O. The molecule has 3 aromatic rings. The van der Waals surface area contributed by atoms with E-state index in [1.54, 1.807) is 35.0 Å². The highest BCUT2D eigenvalue weighted by Gasteiger charge is 2.26. The second-order valence-electron chi connectivity index (χ2n) is 9.79. The standard InChI is InChI=1S/C28H35FN6O4/c1-19-4-7-22-16-25(19)39-15-3-12-35-18-24(32-33-35)10-13-34(17-21-5-8-23(29)9-6-21)14-11-30-28(38)26(20(2)36)31-27(22)37/h4-9,16,18,20,26,36H,3,10-15,17H2,1-2H3,(H,30,38)(H,31,37)/t20-,26+/m1/s1. The highest BCUT2D eigenvalue weighted by atomic mass is 19.1. The minimum atomic E-state index is -1.13. The van der Waals surface area contributed by atoms with E-state index in [4.69, 9.17) is 4.74 Å². The molecule has 0 saturated heterocycles. The van der Waals surface area contributed by atoms with Crippen LogP contribution in [0.1, 0.15) is 40.5 Å². The first-order valence-electron chi connectivity index (χ1n) is 13.1. The molecular weight excluding hydrogens is 503 g/mol. The van der Waals surface area contributed by atoms with Gasteiger partial charge < -0.3 is 20.5 Å². The summed E-state index contributed by atoms with van der Waals surface area (Å²) in [5, 5.41) is 24.2. The van der Waals surface area contributed by atoms with Gasteiger partial charge in [-0.15, -0.1) is 5.10 Å². The van der Waals surface area contributed by atoms with Crippen LogP contribution in [0.3, 0.4) is 0 Å². The lowest BCUT2D eigenvalue weighted by Crippen LogP contribution is -2.53. The second-order valence-corrected chi connectivity index (χ2v) is 9.79. The van der Waals surface area contributed by atoms with Gasteiger partial charge in [0.1, 0.15) is 17.6 Å². The zero-order valence-corrected chi connectivity index (χ0v) is 22.3. The molecule has 0 saturated carbocycles. The Morgan fingerprint density at radius 1 is 1.15 bits per heavy atom. The number of aliphatic hydroxyl groups is 1. The first kappa shape index (κ1) is 28.2. The number of hydrogen-bond acceptors (Lipinski definition) is 7. The molecule has 2 heterocycles. The molecule has 1 aromatic heterocycles. The number of carbonyl (C=O) groups is 2. The van der Waals surface area contributed by atoms with Crippen LogP contribution in [-0.4, -0.2) is 75.2 Å². The van der Waals surface area contributed by atoms with Gasteiger partial charge in [0.2, 0.25) is 5.91 Å². The van der Waals surface area contributed by atoms with Crippen molar-refractivity contribution >= 4 is 11.8 Å². The number of fused-ring (bicyclic) bond motifs is 4. The molecule has 1 aliphatic heterocycles. The molecule has 4 rings (SSSR count). The van der Waals surface area contributed by atoms with Crippen LogP contribution in [0, 0.1) is 12.7 Å². The summed E-state index contributed by atoms with van der Waals surface area (Å²) in [5.74, 6) is -0.688. The van der Waals surface area contributed by atoms with Crippen molar-refractivity contribution in [1.82, 2.24) is 30.5 Å². The Kier molecular flexibility index (Phi) is 9.61. The summed E-state index contributed by atoms with van der Waals surface area (Å²) in [5.41, 5.74) is 2.99. The monoisotopic (exact) mass is 538 g/mol. The number of aromatic nitrogens is 3. The average Bonchev–Trinajstić information content (AvgIpc) is 3.37. The first-order valence-corrected chi connectivity index (χ1v) is 13.1. The maximum Gasteiger partial charge on any atom is 0.252 e. The minimum Gasteiger partial charge on any atom is -0.493 e. The predicted molar refractivity (Wildman–Crippen MR) is 143 cm³/mol. The van der Waals surface area contributed by atoms with Crippen LogP contribution in [0.15, 0.2) is 48.7 Å². The quantitative estimate of drug-likeness (QED) is 0.465. The Bertz CT molecular complexity index is 1260. The number of amides is 2. The van der Waals surface area contributed by atoms with E-state index in [0.717, 1.165) is 16.8 Å². The van der Waals surface area contributed by atoms with Crippen molar-refractivity contribution in [2.75, 3.05) is 26.2 Å². The Morgan fingerprint density at radius 3 is 2.72 bits per heavy atom. The molecule has 0 spiro atoms. The maximum absolute atomic E-state index is 13.4. The van der Waals surface area contributed by atoms with Gasteiger partial charge in [0.25, 0.3) is 5.91 Å². The van der Waals surface area contributed by atoms with Crippen molar-refractivity contribution < 1.29 is 23.8 Å². The maximum atomic E-state index is 13.4. The molecular formula is C28H35FN6O4. The molecule has 0 fully saturated rings. The summed E-state index contributed by atoms with van der Waals surface area (Å²) < 4.78 is 21.1. The van der Waals surface area contributed by atoms with Gasteiger partial charge in [-0.25, -0.2) is 4.39 Å². The van der Waals surface area contributed by atoms with E-state index >= 15 is 0 Å². The van der Waals surface area contributed by atoms with E-state index in [0.29, 0.717) is 56.9 Å². The molecule has 2 aromatic carbocycles. The van der Waals surface area contributed by atoms with Crippen molar-refractivity contribution in [3.63, 3.8) is 0 Å². The van der Waals surface area contributed by atoms with Crippen LogP contribution in [0.5, 0.6) is 5.75 Å². The van der Waals surface area contributed by atoms with E-state index in [2.05, 4.69) is 25.8 Å². The molecule has 0 unspecified atom stereocenters. The van der Waals surface area contributed by atoms with Gasteiger partial charge in [-0.1, -0.05) is 23.4 Å². The number of nitrogens with one attached hydrogen (secondary N) is 2. The lowest BCUT2D eigenvalue weighted by atomic mass is 10.1. The predicted octanol–water partition coefficient (Wildman–Crippen LogP) is 1.85. The number of hydrogen-bond donors (Lipinski definition) is 3. The number of benzene rings is 2. The van der Waals surface area contributed by atoms with Crippen LogP contribution in [0.25, 0.3) is 0 Å². The third kappa shape index (κ3) is 8.08. The van der Waals surface area contributed by atoms with Crippen molar-refractivity contribution in [3.05, 3.63) is 76.9 Å². The Balaban J connectivity index is 1.52. The van der Waals surface area contributed by atoms with Gasteiger partial charge in [-0.3, -0.25) is 19.2 Å². The molecule has 1 aliphatic rings. The smallest absolute Gasteiger partial charge is 0.252 e. The number of carbonyl (C=O) groups excluding carboxylic acids is 2. The van der Waals surface area contributed by atoms with Gasteiger partial charge in [0.05, 0.1) is 18.4 Å². The Labute approximate surface area is 227 Å². The van der Waals surface area contributed by atoms with E-state index in [9.17, 15) is 19.1 Å². The van der Waals surface area contributed by atoms with Gasteiger partial charge >= 0.3 is 0 Å². The fraction of sp³-hybridized carbons (Fsp3) is 0.429. The molecule has 4 bridgehead atoms. The fourth-order valence-corrected chi connectivity index (χ4v) is 4.34. The van der Waals surface area contributed by atoms with Gasteiger partial charge in [0.15, 0.2) is 0 Å². The third-order valence-corrected chi connectivity index (χ3v) is 6.61. The molecule has 0 aliphatic carbocycles. The first-order chi connectivity index (χ1) is 18.8. The van der Waals surface area contributed by atoms with Gasteiger partial charge in [-0.2, -0.15) is 0 Å². The van der Waals surface area contributed by atoms with Crippen LogP contribution < -0.4 is 15.4 Å².